The number of rotatable bonds is 7. The van der Waals surface area contributed by atoms with Gasteiger partial charge >= 0.3 is 0 Å². The highest BCUT2D eigenvalue weighted by atomic mass is 32.2. The fraction of sp³-hybridized carbons (Fsp3) is 0.136. The number of fused-ring (bicyclic) bond motifs is 1. The first-order valence-electron chi connectivity index (χ1n) is 9.23. The molecule has 6 nitrogen and oxygen atoms in total. The third-order valence-electron chi connectivity index (χ3n) is 4.42. The molecule has 0 atom stereocenters. The Morgan fingerprint density at radius 1 is 1.13 bits per heavy atom. The Bertz CT molecular complexity index is 1220. The van der Waals surface area contributed by atoms with Gasteiger partial charge in [0.2, 0.25) is 5.91 Å². The van der Waals surface area contributed by atoms with Crippen LogP contribution in [0.5, 0.6) is 5.75 Å². The molecule has 1 amide bonds. The summed E-state index contributed by atoms with van der Waals surface area (Å²) < 4.78 is 7.44. The number of anilines is 1. The lowest BCUT2D eigenvalue weighted by molar-refractivity contribution is -0.113. The van der Waals surface area contributed by atoms with Gasteiger partial charge in [0.15, 0.2) is 5.16 Å². The van der Waals surface area contributed by atoms with Crippen molar-refractivity contribution >= 4 is 44.9 Å². The number of hydrogen-bond acceptors (Lipinski definition) is 6. The number of amides is 1. The smallest absolute Gasteiger partial charge is 0.272 e. The van der Waals surface area contributed by atoms with Crippen LogP contribution >= 0.6 is 23.1 Å². The number of benzene rings is 2. The number of nitrogens with zero attached hydrogens (tertiary/aromatic N) is 2. The van der Waals surface area contributed by atoms with Crippen LogP contribution in [0.2, 0.25) is 0 Å². The molecule has 2 aromatic heterocycles. The second-order valence-electron chi connectivity index (χ2n) is 6.47. The number of ether oxygens (including phenoxy) is 1. The first-order valence-corrected chi connectivity index (χ1v) is 11.1. The molecule has 0 radical (unpaired) electrons. The molecule has 4 aromatic rings. The summed E-state index contributed by atoms with van der Waals surface area (Å²) in [6.07, 6.45) is 0. The van der Waals surface area contributed by atoms with Gasteiger partial charge in [-0.3, -0.25) is 14.2 Å². The topological polar surface area (TPSA) is 73.2 Å². The van der Waals surface area contributed by atoms with Crippen molar-refractivity contribution in [3.8, 4) is 5.75 Å². The zero-order valence-electron chi connectivity index (χ0n) is 16.2. The molecule has 0 unspecified atom stereocenters. The van der Waals surface area contributed by atoms with Gasteiger partial charge in [-0.05, 0) is 41.3 Å². The first-order chi connectivity index (χ1) is 14.6. The van der Waals surface area contributed by atoms with Crippen LogP contribution in [-0.4, -0.2) is 28.3 Å². The van der Waals surface area contributed by atoms with E-state index in [-0.39, 0.29) is 17.2 Å². The van der Waals surface area contributed by atoms with Crippen LogP contribution in [0, 0.1) is 0 Å². The number of aromatic nitrogens is 2. The Labute approximate surface area is 181 Å². The average molecular weight is 438 g/mol. The van der Waals surface area contributed by atoms with Crippen molar-refractivity contribution < 1.29 is 9.53 Å². The highest BCUT2D eigenvalue weighted by molar-refractivity contribution is 7.99. The van der Waals surface area contributed by atoms with Crippen LogP contribution in [0.25, 0.3) is 10.2 Å². The highest BCUT2D eigenvalue weighted by Crippen LogP contribution is 2.22. The van der Waals surface area contributed by atoms with E-state index in [9.17, 15) is 9.59 Å². The second-order valence-corrected chi connectivity index (χ2v) is 8.33. The van der Waals surface area contributed by atoms with E-state index in [1.807, 2.05) is 66.0 Å². The molecule has 8 heteroatoms. The Balaban J connectivity index is 1.58. The molecule has 0 aliphatic carbocycles. The monoisotopic (exact) mass is 437 g/mol. The molecule has 0 saturated heterocycles. The summed E-state index contributed by atoms with van der Waals surface area (Å²) in [5.41, 5.74) is 2.24. The van der Waals surface area contributed by atoms with E-state index in [2.05, 4.69) is 10.3 Å². The lowest BCUT2D eigenvalue weighted by Gasteiger charge is -2.12. The van der Waals surface area contributed by atoms with Crippen molar-refractivity contribution in [1.29, 1.82) is 0 Å². The summed E-state index contributed by atoms with van der Waals surface area (Å²) in [6, 6.07) is 18.7. The molecule has 0 aliphatic rings. The van der Waals surface area contributed by atoms with Gasteiger partial charge in [0.1, 0.15) is 10.4 Å². The van der Waals surface area contributed by atoms with E-state index in [1.165, 1.54) is 23.1 Å². The summed E-state index contributed by atoms with van der Waals surface area (Å²) in [7, 11) is 1.61. The van der Waals surface area contributed by atoms with Crippen LogP contribution in [0.3, 0.4) is 0 Å². The van der Waals surface area contributed by atoms with E-state index < -0.39 is 0 Å². The van der Waals surface area contributed by atoms with Crippen LogP contribution in [0.4, 0.5) is 5.69 Å². The minimum Gasteiger partial charge on any atom is -0.497 e. The van der Waals surface area contributed by atoms with Crippen molar-refractivity contribution in [1.82, 2.24) is 9.55 Å². The molecule has 0 saturated carbocycles. The lowest BCUT2D eigenvalue weighted by atomic mass is 10.2. The van der Waals surface area contributed by atoms with Gasteiger partial charge in [-0.25, -0.2) is 4.98 Å². The maximum absolute atomic E-state index is 13.1. The standard InChI is InChI=1S/C22H19N3O3S2/c1-28-17-9-7-15(8-10-17)13-25-21(27)20-18(11-12-29-20)24-22(25)30-14-19(26)23-16-5-3-2-4-6-16/h2-12H,13-14H2,1H3,(H,23,26). The molecule has 2 heterocycles. The Morgan fingerprint density at radius 3 is 2.63 bits per heavy atom. The molecule has 152 valence electrons. The zero-order chi connectivity index (χ0) is 20.9. The van der Waals surface area contributed by atoms with Crippen molar-refractivity contribution in [2.24, 2.45) is 0 Å². The van der Waals surface area contributed by atoms with E-state index in [4.69, 9.17) is 4.74 Å². The predicted octanol–water partition coefficient (Wildman–Crippen LogP) is 4.25. The van der Waals surface area contributed by atoms with Gasteiger partial charge in [-0.15, -0.1) is 11.3 Å². The molecule has 0 fully saturated rings. The molecule has 0 spiro atoms. The molecule has 0 aliphatic heterocycles. The molecule has 0 bridgehead atoms. The zero-order valence-corrected chi connectivity index (χ0v) is 17.8. The number of nitrogens with one attached hydrogen (secondary N) is 1. The number of para-hydroxylation sites is 1. The fourth-order valence-corrected chi connectivity index (χ4v) is 4.51. The number of carbonyl (C=O) groups is 1. The summed E-state index contributed by atoms with van der Waals surface area (Å²) >= 11 is 2.63. The predicted molar refractivity (Wildman–Crippen MR) is 122 cm³/mol. The number of hydrogen-bond donors (Lipinski definition) is 1. The maximum Gasteiger partial charge on any atom is 0.272 e. The number of thiophene rings is 1. The van der Waals surface area contributed by atoms with E-state index in [0.29, 0.717) is 21.9 Å². The van der Waals surface area contributed by atoms with Gasteiger partial charge in [0.25, 0.3) is 5.56 Å². The fourth-order valence-electron chi connectivity index (χ4n) is 2.94. The minimum absolute atomic E-state index is 0.100. The SMILES string of the molecule is COc1ccc(Cn2c(SCC(=O)Nc3ccccc3)nc3ccsc3c2=O)cc1. The molecule has 4 rings (SSSR count). The maximum atomic E-state index is 13.1. The number of carbonyl (C=O) groups excluding carboxylic acids is 1. The summed E-state index contributed by atoms with van der Waals surface area (Å²) in [4.78, 5) is 30.1. The number of thioether (sulfide) groups is 1. The van der Waals surface area contributed by atoms with Crippen LogP contribution in [-0.2, 0) is 11.3 Å². The van der Waals surface area contributed by atoms with E-state index in [0.717, 1.165) is 17.0 Å². The Hall–Kier alpha value is -3.10. The molecular weight excluding hydrogens is 418 g/mol. The molecule has 1 N–H and O–H groups in total. The summed E-state index contributed by atoms with van der Waals surface area (Å²) in [5, 5.41) is 5.23. The lowest BCUT2D eigenvalue weighted by Crippen LogP contribution is -2.24. The Morgan fingerprint density at radius 2 is 1.90 bits per heavy atom. The molecule has 30 heavy (non-hydrogen) atoms. The van der Waals surface area contributed by atoms with Gasteiger partial charge in [0, 0.05) is 5.69 Å². The first kappa shape index (κ1) is 20.2. The quantitative estimate of drug-likeness (QED) is 0.346. The second kappa shape index (κ2) is 9.15. The molecular formula is C22H19N3O3S2. The van der Waals surface area contributed by atoms with E-state index >= 15 is 0 Å². The summed E-state index contributed by atoms with van der Waals surface area (Å²) in [6.45, 7) is 0.367. The van der Waals surface area contributed by atoms with Crippen LogP contribution in [0.1, 0.15) is 5.56 Å². The van der Waals surface area contributed by atoms with Crippen molar-refractivity contribution in [3.63, 3.8) is 0 Å². The normalized spacial score (nSPS) is 10.8. The Kier molecular flexibility index (Phi) is 6.15. The molecule has 2 aromatic carbocycles. The third-order valence-corrected chi connectivity index (χ3v) is 6.29. The van der Waals surface area contributed by atoms with Gasteiger partial charge < -0.3 is 10.1 Å². The number of methoxy groups -OCH3 is 1. The van der Waals surface area contributed by atoms with Gasteiger partial charge in [-0.1, -0.05) is 42.1 Å². The largest absolute Gasteiger partial charge is 0.497 e. The average Bonchev–Trinajstić information content (AvgIpc) is 3.24. The van der Waals surface area contributed by atoms with Crippen molar-refractivity contribution in [3.05, 3.63) is 82.0 Å². The van der Waals surface area contributed by atoms with Gasteiger partial charge in [-0.2, -0.15) is 0 Å². The van der Waals surface area contributed by atoms with Crippen LogP contribution in [0.15, 0.2) is 76.0 Å². The summed E-state index contributed by atoms with van der Waals surface area (Å²) in [5.74, 6) is 0.756. The van der Waals surface area contributed by atoms with Crippen molar-refractivity contribution in [2.75, 3.05) is 18.2 Å². The van der Waals surface area contributed by atoms with Crippen molar-refractivity contribution in [2.45, 2.75) is 11.7 Å². The third kappa shape index (κ3) is 4.55. The van der Waals surface area contributed by atoms with E-state index in [1.54, 1.807) is 11.7 Å². The minimum atomic E-state index is -0.151. The van der Waals surface area contributed by atoms with Crippen LogP contribution < -0.4 is 15.6 Å². The van der Waals surface area contributed by atoms with Gasteiger partial charge in [0.05, 0.1) is 24.9 Å². The highest BCUT2D eigenvalue weighted by Gasteiger charge is 2.15.